The molecular formula is C29H33ClN6. The van der Waals surface area contributed by atoms with Crippen molar-refractivity contribution in [3.8, 4) is 11.3 Å². The number of hydrogen-bond donors (Lipinski definition) is 3. The van der Waals surface area contributed by atoms with Crippen molar-refractivity contribution in [1.82, 2.24) is 25.2 Å². The van der Waals surface area contributed by atoms with Gasteiger partial charge in [-0.25, -0.2) is 9.97 Å². The van der Waals surface area contributed by atoms with Crippen LogP contribution in [-0.4, -0.2) is 45.0 Å². The molecule has 0 unspecified atom stereocenters. The molecule has 0 radical (unpaired) electrons. The molecule has 0 bridgehead atoms. The zero-order valence-electron chi connectivity index (χ0n) is 21.1. The molecule has 7 heteroatoms. The van der Waals surface area contributed by atoms with Crippen LogP contribution in [0.5, 0.6) is 0 Å². The fourth-order valence-electron chi connectivity index (χ4n) is 5.54. The Bertz CT molecular complexity index is 1400. The Morgan fingerprint density at radius 3 is 2.67 bits per heavy atom. The Labute approximate surface area is 217 Å². The predicted molar refractivity (Wildman–Crippen MR) is 148 cm³/mol. The molecule has 3 heterocycles. The van der Waals surface area contributed by atoms with Gasteiger partial charge in [-0.2, -0.15) is 0 Å². The van der Waals surface area contributed by atoms with Gasteiger partial charge in [0.05, 0.1) is 16.9 Å². The number of nitrogens with zero attached hydrogens (tertiary/aromatic N) is 3. The Balaban J connectivity index is 1.29. The Kier molecular flexibility index (Phi) is 6.20. The molecule has 0 spiro atoms. The van der Waals surface area contributed by atoms with Crippen LogP contribution < -0.4 is 10.6 Å². The lowest BCUT2D eigenvalue weighted by atomic mass is 10.0. The zero-order valence-corrected chi connectivity index (χ0v) is 21.9. The molecular weight excluding hydrogens is 468 g/mol. The van der Waals surface area contributed by atoms with Crippen LogP contribution in [0.15, 0.2) is 48.8 Å². The highest BCUT2D eigenvalue weighted by molar-refractivity contribution is 6.33. The number of rotatable bonds is 6. The Hall–Kier alpha value is -2.93. The fraction of sp³-hybridized carbons (Fsp3) is 0.379. The zero-order chi connectivity index (χ0) is 24.8. The van der Waals surface area contributed by atoms with Crippen LogP contribution in [0, 0.1) is 6.92 Å². The van der Waals surface area contributed by atoms with Gasteiger partial charge in [0.1, 0.15) is 0 Å². The van der Waals surface area contributed by atoms with Crippen LogP contribution in [0.3, 0.4) is 0 Å². The molecule has 2 aliphatic rings. The van der Waals surface area contributed by atoms with Crippen LogP contribution in [0.2, 0.25) is 5.02 Å². The monoisotopic (exact) mass is 500 g/mol. The van der Waals surface area contributed by atoms with Crippen LogP contribution in [0.4, 0.5) is 11.6 Å². The average molecular weight is 501 g/mol. The largest absolute Gasteiger partial charge is 0.360 e. The molecule has 2 aromatic heterocycles. The van der Waals surface area contributed by atoms with Crippen molar-refractivity contribution >= 4 is 34.1 Å². The molecule has 4 aromatic rings. The van der Waals surface area contributed by atoms with Crippen LogP contribution >= 0.6 is 11.6 Å². The summed E-state index contributed by atoms with van der Waals surface area (Å²) < 4.78 is 0. The smallest absolute Gasteiger partial charge is 0.227 e. The van der Waals surface area contributed by atoms with Gasteiger partial charge in [0.15, 0.2) is 0 Å². The van der Waals surface area contributed by atoms with Gasteiger partial charge >= 0.3 is 0 Å². The van der Waals surface area contributed by atoms with Crippen molar-refractivity contribution in [2.24, 2.45) is 0 Å². The van der Waals surface area contributed by atoms with E-state index in [1.165, 1.54) is 29.5 Å². The number of halogens is 1. The molecule has 1 aliphatic carbocycles. The first-order chi connectivity index (χ1) is 17.4. The molecule has 1 aliphatic heterocycles. The number of benzene rings is 2. The number of anilines is 2. The first-order valence-corrected chi connectivity index (χ1v) is 13.3. The van der Waals surface area contributed by atoms with E-state index in [1.54, 1.807) is 6.20 Å². The summed E-state index contributed by atoms with van der Waals surface area (Å²) >= 11 is 6.58. The van der Waals surface area contributed by atoms with Gasteiger partial charge in [-0.05, 0) is 74.4 Å². The quantitative estimate of drug-likeness (QED) is 0.286. The second-order valence-corrected chi connectivity index (χ2v) is 11.1. The van der Waals surface area contributed by atoms with Crippen molar-refractivity contribution < 1.29 is 0 Å². The van der Waals surface area contributed by atoms with Crippen LogP contribution in [0.25, 0.3) is 22.2 Å². The summed E-state index contributed by atoms with van der Waals surface area (Å²) in [4.78, 5) is 15.3. The SMILES string of the molecule is Cc1ccc2c(-c3nc(Nc4cc(CN5C[C@H](C)N[C@@H](C)C5)cc(C5CC5)c4)ncc3Cl)c[nH]c2c1. The lowest BCUT2D eigenvalue weighted by Crippen LogP contribution is -2.53. The lowest BCUT2D eigenvalue weighted by Gasteiger charge is -2.36. The molecule has 2 fully saturated rings. The number of fused-ring (bicyclic) bond motifs is 1. The highest BCUT2D eigenvalue weighted by Gasteiger charge is 2.26. The van der Waals surface area contributed by atoms with Gasteiger partial charge in [0.25, 0.3) is 0 Å². The van der Waals surface area contributed by atoms with Crippen LogP contribution in [0.1, 0.15) is 49.3 Å². The van der Waals surface area contributed by atoms with E-state index >= 15 is 0 Å². The van der Waals surface area contributed by atoms with E-state index in [9.17, 15) is 0 Å². The lowest BCUT2D eigenvalue weighted by molar-refractivity contribution is 0.166. The summed E-state index contributed by atoms with van der Waals surface area (Å²) in [7, 11) is 0. The molecule has 1 saturated heterocycles. The molecule has 3 N–H and O–H groups in total. The van der Waals surface area contributed by atoms with Crippen molar-refractivity contribution in [2.75, 3.05) is 18.4 Å². The van der Waals surface area contributed by atoms with Gasteiger partial charge in [-0.15, -0.1) is 0 Å². The number of H-pyrrole nitrogens is 1. The van der Waals surface area contributed by atoms with E-state index in [0.29, 0.717) is 29.0 Å². The van der Waals surface area contributed by atoms with E-state index in [-0.39, 0.29) is 0 Å². The number of piperazine rings is 1. The molecule has 2 aromatic carbocycles. The van der Waals surface area contributed by atoms with E-state index in [1.807, 2.05) is 6.20 Å². The average Bonchev–Trinajstić information content (AvgIpc) is 3.60. The summed E-state index contributed by atoms with van der Waals surface area (Å²) in [6, 6.07) is 14.3. The maximum absolute atomic E-state index is 6.58. The summed E-state index contributed by atoms with van der Waals surface area (Å²) in [6.07, 6.45) is 6.20. The Morgan fingerprint density at radius 1 is 1.08 bits per heavy atom. The summed E-state index contributed by atoms with van der Waals surface area (Å²) in [5.74, 6) is 1.22. The second kappa shape index (κ2) is 9.51. The Morgan fingerprint density at radius 2 is 1.89 bits per heavy atom. The third kappa shape index (κ3) is 4.99. The molecule has 6 rings (SSSR count). The van der Waals surface area contributed by atoms with Gasteiger partial charge in [-0.3, -0.25) is 4.90 Å². The molecule has 186 valence electrons. The van der Waals surface area contributed by atoms with Crippen molar-refractivity contribution in [1.29, 1.82) is 0 Å². The second-order valence-electron chi connectivity index (χ2n) is 10.7. The summed E-state index contributed by atoms with van der Waals surface area (Å²) in [5.41, 5.74) is 7.78. The molecule has 1 saturated carbocycles. The molecule has 2 atom stereocenters. The number of aromatic amines is 1. The van der Waals surface area contributed by atoms with Gasteiger partial charge in [-0.1, -0.05) is 29.8 Å². The maximum atomic E-state index is 6.58. The van der Waals surface area contributed by atoms with Gasteiger partial charge < -0.3 is 15.6 Å². The van der Waals surface area contributed by atoms with Crippen molar-refractivity contribution in [3.05, 3.63) is 70.5 Å². The summed E-state index contributed by atoms with van der Waals surface area (Å²) in [5, 5.41) is 8.76. The number of nitrogens with one attached hydrogen (secondary N) is 3. The van der Waals surface area contributed by atoms with Crippen molar-refractivity contribution in [3.63, 3.8) is 0 Å². The number of hydrogen-bond acceptors (Lipinski definition) is 5. The highest BCUT2D eigenvalue weighted by Crippen LogP contribution is 2.42. The molecule has 36 heavy (non-hydrogen) atoms. The van der Waals surface area contributed by atoms with Gasteiger partial charge in [0, 0.05) is 60.1 Å². The first-order valence-electron chi connectivity index (χ1n) is 12.9. The highest BCUT2D eigenvalue weighted by atomic mass is 35.5. The third-order valence-electron chi connectivity index (χ3n) is 7.20. The van der Waals surface area contributed by atoms with E-state index in [4.69, 9.17) is 16.6 Å². The normalized spacial score (nSPS) is 20.7. The summed E-state index contributed by atoms with van der Waals surface area (Å²) in [6.45, 7) is 9.70. The topological polar surface area (TPSA) is 68.9 Å². The minimum Gasteiger partial charge on any atom is -0.360 e. The first kappa shape index (κ1) is 23.5. The van der Waals surface area contributed by atoms with E-state index < -0.39 is 0 Å². The molecule has 0 amide bonds. The number of aryl methyl sites for hydroxylation is 1. The standard InChI is InChI=1S/C29H33ClN6/c1-17-4-7-24-25(12-31-27(24)8-17)28-26(30)13-32-29(35-28)34-23-10-20(9-22(11-23)21-5-6-21)16-36-14-18(2)33-19(3)15-36/h4,7-13,18-19,21,31,33H,5-6,14-16H2,1-3H3,(H,32,34,35)/t18-,19-/m0/s1. The van der Waals surface area contributed by atoms with Gasteiger partial charge in [0.2, 0.25) is 5.95 Å². The third-order valence-corrected chi connectivity index (χ3v) is 7.47. The minimum atomic E-state index is 0.507. The maximum Gasteiger partial charge on any atom is 0.227 e. The minimum absolute atomic E-state index is 0.507. The van der Waals surface area contributed by atoms with Crippen LogP contribution in [-0.2, 0) is 6.54 Å². The fourth-order valence-corrected chi connectivity index (χ4v) is 5.74. The predicted octanol–water partition coefficient (Wildman–Crippen LogP) is 6.39. The number of aromatic nitrogens is 3. The van der Waals surface area contributed by atoms with E-state index in [0.717, 1.165) is 47.5 Å². The van der Waals surface area contributed by atoms with Crippen molar-refractivity contribution in [2.45, 2.75) is 58.2 Å². The molecule has 6 nitrogen and oxygen atoms in total. The van der Waals surface area contributed by atoms with E-state index in [2.05, 4.69) is 82.7 Å².